The number of fused-ring (bicyclic) bond motifs is 1. The third-order valence-electron chi connectivity index (χ3n) is 5.02. The number of hydrogen-bond donors (Lipinski definition) is 1. The number of ether oxygens (including phenoxy) is 1. The van der Waals surface area contributed by atoms with Crippen LogP contribution in [-0.4, -0.2) is 33.2 Å². The van der Waals surface area contributed by atoms with Gasteiger partial charge < -0.3 is 10.1 Å². The maximum atomic E-state index is 12.5. The first-order valence-corrected chi connectivity index (χ1v) is 10.9. The summed E-state index contributed by atoms with van der Waals surface area (Å²) in [6.45, 7) is 3.65. The minimum atomic E-state index is -0.618. The number of non-ortho nitro benzene ring substituents is 1. The Bertz CT molecular complexity index is 1360. The van der Waals surface area contributed by atoms with Gasteiger partial charge in [0.15, 0.2) is 6.61 Å². The van der Waals surface area contributed by atoms with Gasteiger partial charge in [0.25, 0.3) is 11.6 Å². The molecule has 0 aliphatic rings. The van der Waals surface area contributed by atoms with E-state index in [9.17, 15) is 19.7 Å². The highest BCUT2D eigenvalue weighted by Gasteiger charge is 2.19. The van der Waals surface area contributed by atoms with Crippen molar-refractivity contribution in [3.8, 4) is 0 Å². The fraction of sp³-hybridized carbons (Fsp3) is 0.174. The van der Waals surface area contributed by atoms with E-state index in [4.69, 9.17) is 4.74 Å². The lowest BCUT2D eigenvalue weighted by Crippen LogP contribution is -2.21. The summed E-state index contributed by atoms with van der Waals surface area (Å²) in [5.74, 6) is -1.20. The predicted octanol–water partition coefficient (Wildman–Crippen LogP) is 4.47. The molecule has 1 amide bonds. The van der Waals surface area contributed by atoms with Gasteiger partial charge in [-0.2, -0.15) is 5.10 Å². The van der Waals surface area contributed by atoms with E-state index in [1.165, 1.54) is 29.5 Å². The second-order valence-electron chi connectivity index (χ2n) is 7.44. The molecule has 0 spiro atoms. The molecule has 168 valence electrons. The van der Waals surface area contributed by atoms with Crippen LogP contribution in [0.4, 0.5) is 11.4 Å². The van der Waals surface area contributed by atoms with Crippen LogP contribution in [0.25, 0.3) is 10.2 Å². The molecule has 0 aliphatic carbocycles. The van der Waals surface area contributed by atoms with Crippen molar-refractivity contribution in [3.63, 3.8) is 0 Å². The quantitative estimate of drug-likeness (QED) is 0.245. The van der Waals surface area contributed by atoms with Gasteiger partial charge in [-0.3, -0.25) is 19.6 Å². The number of benzene rings is 2. The fourth-order valence-electron chi connectivity index (χ4n) is 3.32. The lowest BCUT2D eigenvalue weighted by Gasteiger charge is -2.08. The Morgan fingerprint density at radius 1 is 1.15 bits per heavy atom. The van der Waals surface area contributed by atoms with Crippen LogP contribution in [0, 0.1) is 24.0 Å². The van der Waals surface area contributed by atoms with Crippen LogP contribution in [0.1, 0.15) is 26.5 Å². The van der Waals surface area contributed by atoms with Gasteiger partial charge in [0.1, 0.15) is 9.71 Å². The SMILES string of the molecule is Cc1ccc([N+](=O)[O-])cc1NC(=O)COC(=O)c1cc2c(C)nn(Cc3ccccc3)c2s1. The molecule has 2 aromatic carbocycles. The Kier molecular flexibility index (Phi) is 6.18. The summed E-state index contributed by atoms with van der Waals surface area (Å²) in [5.41, 5.74) is 2.70. The zero-order chi connectivity index (χ0) is 23.5. The zero-order valence-electron chi connectivity index (χ0n) is 17.9. The van der Waals surface area contributed by atoms with Crippen LogP contribution in [-0.2, 0) is 16.1 Å². The monoisotopic (exact) mass is 464 g/mol. The molecular weight excluding hydrogens is 444 g/mol. The molecule has 0 bridgehead atoms. The number of nitrogens with zero attached hydrogens (tertiary/aromatic N) is 3. The van der Waals surface area contributed by atoms with E-state index in [0.717, 1.165) is 21.5 Å². The Morgan fingerprint density at radius 2 is 1.91 bits per heavy atom. The van der Waals surface area contributed by atoms with Crippen molar-refractivity contribution in [2.24, 2.45) is 0 Å². The average Bonchev–Trinajstić information content (AvgIpc) is 3.35. The predicted molar refractivity (Wildman–Crippen MR) is 125 cm³/mol. The van der Waals surface area contributed by atoms with Gasteiger partial charge >= 0.3 is 5.97 Å². The van der Waals surface area contributed by atoms with E-state index in [2.05, 4.69) is 10.4 Å². The molecule has 1 N–H and O–H groups in total. The molecule has 4 aromatic rings. The number of carbonyl (C=O) groups is 2. The number of amides is 1. The van der Waals surface area contributed by atoms with Crippen molar-refractivity contribution < 1.29 is 19.2 Å². The molecule has 2 heterocycles. The van der Waals surface area contributed by atoms with Gasteiger partial charge in [0.05, 0.1) is 22.8 Å². The van der Waals surface area contributed by atoms with Crippen LogP contribution >= 0.6 is 11.3 Å². The molecule has 0 fully saturated rings. The summed E-state index contributed by atoms with van der Waals surface area (Å²) in [5, 5.41) is 18.9. The molecule has 0 radical (unpaired) electrons. The number of nitrogens with one attached hydrogen (secondary N) is 1. The lowest BCUT2D eigenvalue weighted by atomic mass is 10.2. The van der Waals surface area contributed by atoms with Crippen molar-refractivity contribution in [2.45, 2.75) is 20.4 Å². The van der Waals surface area contributed by atoms with Crippen LogP contribution in [0.5, 0.6) is 0 Å². The van der Waals surface area contributed by atoms with Gasteiger partial charge in [0, 0.05) is 17.5 Å². The Labute approximate surface area is 192 Å². The number of aryl methyl sites for hydroxylation is 2. The topological polar surface area (TPSA) is 116 Å². The maximum absolute atomic E-state index is 12.5. The van der Waals surface area contributed by atoms with Crippen molar-refractivity contribution >= 4 is 44.8 Å². The highest BCUT2D eigenvalue weighted by molar-refractivity contribution is 7.20. The molecule has 33 heavy (non-hydrogen) atoms. The van der Waals surface area contributed by atoms with Gasteiger partial charge in [-0.1, -0.05) is 36.4 Å². The molecule has 0 saturated carbocycles. The normalized spacial score (nSPS) is 10.8. The summed E-state index contributed by atoms with van der Waals surface area (Å²) in [4.78, 5) is 36.4. The van der Waals surface area contributed by atoms with Crippen LogP contribution < -0.4 is 5.32 Å². The molecule has 9 nitrogen and oxygen atoms in total. The highest BCUT2D eigenvalue weighted by Crippen LogP contribution is 2.29. The summed E-state index contributed by atoms with van der Waals surface area (Å²) in [7, 11) is 0. The summed E-state index contributed by atoms with van der Waals surface area (Å²) >= 11 is 1.25. The Morgan fingerprint density at radius 3 is 2.64 bits per heavy atom. The van der Waals surface area contributed by atoms with Gasteiger partial charge in [-0.05, 0) is 31.0 Å². The van der Waals surface area contributed by atoms with Crippen LogP contribution in [0.2, 0.25) is 0 Å². The van der Waals surface area contributed by atoms with E-state index < -0.39 is 23.4 Å². The number of nitro groups is 1. The molecule has 10 heteroatoms. The smallest absolute Gasteiger partial charge is 0.348 e. The third-order valence-corrected chi connectivity index (χ3v) is 6.15. The summed E-state index contributed by atoms with van der Waals surface area (Å²) in [6, 6.07) is 15.8. The first-order valence-electron chi connectivity index (χ1n) is 10.0. The standard InChI is InChI=1S/C23H20N4O5S/c1-14-8-9-17(27(30)31)10-19(14)24-21(28)13-32-23(29)20-11-18-15(2)25-26(22(18)33-20)12-16-6-4-3-5-7-16/h3-11H,12-13H2,1-2H3,(H,24,28). The molecule has 0 atom stereocenters. The molecule has 0 unspecified atom stereocenters. The van der Waals surface area contributed by atoms with E-state index >= 15 is 0 Å². The van der Waals surface area contributed by atoms with E-state index in [1.54, 1.807) is 13.0 Å². The van der Waals surface area contributed by atoms with Crippen molar-refractivity contribution in [1.29, 1.82) is 0 Å². The number of esters is 1. The van der Waals surface area contributed by atoms with Crippen LogP contribution in [0.15, 0.2) is 54.6 Å². The maximum Gasteiger partial charge on any atom is 0.348 e. The Hall–Kier alpha value is -4.05. The number of thiophene rings is 1. The molecule has 0 saturated heterocycles. The summed E-state index contributed by atoms with van der Waals surface area (Å²) in [6.07, 6.45) is 0. The minimum absolute atomic E-state index is 0.141. The van der Waals surface area contributed by atoms with Crippen molar-refractivity contribution in [2.75, 3.05) is 11.9 Å². The second kappa shape index (κ2) is 9.21. The molecule has 2 aromatic heterocycles. The average molecular weight is 465 g/mol. The number of hydrogen-bond acceptors (Lipinski definition) is 7. The van der Waals surface area contributed by atoms with E-state index in [1.807, 2.05) is 41.9 Å². The van der Waals surface area contributed by atoms with E-state index in [-0.39, 0.29) is 5.69 Å². The minimum Gasteiger partial charge on any atom is -0.451 e. The lowest BCUT2D eigenvalue weighted by molar-refractivity contribution is -0.384. The highest BCUT2D eigenvalue weighted by atomic mass is 32.1. The Balaban J connectivity index is 1.43. The van der Waals surface area contributed by atoms with Gasteiger partial charge in [-0.25, -0.2) is 4.79 Å². The number of nitro benzene ring substituents is 1. The number of anilines is 1. The molecule has 4 rings (SSSR count). The third kappa shape index (κ3) is 4.90. The molecule has 0 aliphatic heterocycles. The number of rotatable bonds is 7. The second-order valence-corrected chi connectivity index (χ2v) is 8.47. The zero-order valence-corrected chi connectivity index (χ0v) is 18.7. The van der Waals surface area contributed by atoms with Gasteiger partial charge in [0.2, 0.25) is 0 Å². The summed E-state index contributed by atoms with van der Waals surface area (Å²) < 4.78 is 7.02. The molecular formula is C23H20N4O5S. The van der Waals surface area contributed by atoms with E-state index in [0.29, 0.717) is 22.7 Å². The van der Waals surface area contributed by atoms with Crippen molar-refractivity contribution in [1.82, 2.24) is 9.78 Å². The van der Waals surface area contributed by atoms with Crippen LogP contribution in [0.3, 0.4) is 0 Å². The number of aromatic nitrogens is 2. The largest absolute Gasteiger partial charge is 0.451 e. The first kappa shape index (κ1) is 22.2. The fourth-order valence-corrected chi connectivity index (χ4v) is 4.38. The van der Waals surface area contributed by atoms with Crippen molar-refractivity contribution in [3.05, 3.63) is 86.4 Å². The van der Waals surface area contributed by atoms with Gasteiger partial charge in [-0.15, -0.1) is 11.3 Å². The first-order chi connectivity index (χ1) is 15.8. The number of carbonyl (C=O) groups excluding carboxylic acids is 2.